The molecule has 9 nitrogen and oxygen atoms in total. The van der Waals surface area contributed by atoms with Crippen LogP contribution in [0.1, 0.15) is 17.5 Å². The predicted octanol–water partition coefficient (Wildman–Crippen LogP) is 0.113. The summed E-state index contributed by atoms with van der Waals surface area (Å²) in [4.78, 5) is 24.7. The van der Waals surface area contributed by atoms with Crippen molar-refractivity contribution in [2.24, 2.45) is 0 Å². The van der Waals surface area contributed by atoms with E-state index < -0.39 is 22.0 Å². The summed E-state index contributed by atoms with van der Waals surface area (Å²) in [6.45, 7) is 3.00. The second kappa shape index (κ2) is 8.15. The molecule has 0 radical (unpaired) electrons. The molecule has 0 aliphatic carbocycles. The average molecular weight is 359 g/mol. The molecule has 1 N–H and O–H groups in total. The summed E-state index contributed by atoms with van der Waals surface area (Å²) in [6, 6.07) is 3.08. The van der Waals surface area contributed by atoms with Crippen LogP contribution in [-0.2, 0) is 14.8 Å². The van der Waals surface area contributed by atoms with Crippen LogP contribution in [0.3, 0.4) is 0 Å². The van der Waals surface area contributed by atoms with Crippen LogP contribution in [0.5, 0.6) is 0 Å². The lowest BCUT2D eigenvalue weighted by atomic mass is 10.4. The summed E-state index contributed by atoms with van der Waals surface area (Å²) in [5.41, 5.74) is 0. The number of carbonyl (C=O) groups is 2. The van der Waals surface area contributed by atoms with Crippen molar-refractivity contribution in [1.29, 1.82) is 0 Å². The molecule has 1 aromatic heterocycles. The quantitative estimate of drug-likeness (QED) is 0.772. The number of sulfonamides is 1. The smallest absolute Gasteiger partial charge is 0.409 e. The molecule has 2 rings (SSSR count). The van der Waals surface area contributed by atoms with E-state index in [9.17, 15) is 18.0 Å². The third kappa shape index (κ3) is 4.71. The Labute approximate surface area is 140 Å². The van der Waals surface area contributed by atoms with Crippen molar-refractivity contribution < 1.29 is 27.2 Å². The molecule has 0 spiro atoms. The van der Waals surface area contributed by atoms with E-state index in [0.717, 1.165) is 0 Å². The fourth-order valence-electron chi connectivity index (χ4n) is 2.28. The Morgan fingerprint density at radius 2 is 2.00 bits per heavy atom. The van der Waals surface area contributed by atoms with Crippen LogP contribution in [-0.4, -0.2) is 74.7 Å². The van der Waals surface area contributed by atoms with Gasteiger partial charge in [-0.25, -0.2) is 13.2 Å². The monoisotopic (exact) mass is 359 g/mol. The Morgan fingerprint density at radius 3 is 2.58 bits per heavy atom. The van der Waals surface area contributed by atoms with Gasteiger partial charge in [-0.05, 0) is 19.1 Å². The van der Waals surface area contributed by atoms with E-state index in [2.05, 4.69) is 5.32 Å². The lowest BCUT2D eigenvalue weighted by Gasteiger charge is -2.33. The SMILES string of the molecule is CCOC(=O)N1CCN(S(=O)(=O)CCNC(=O)c2ccco2)CC1. The minimum Gasteiger partial charge on any atom is -0.459 e. The molecule has 0 bridgehead atoms. The first-order valence-electron chi connectivity index (χ1n) is 7.65. The molecule has 24 heavy (non-hydrogen) atoms. The van der Waals surface area contributed by atoms with Crippen LogP contribution in [0.4, 0.5) is 4.79 Å². The number of furan rings is 1. The van der Waals surface area contributed by atoms with Crippen molar-refractivity contribution in [3.63, 3.8) is 0 Å². The Morgan fingerprint density at radius 1 is 1.29 bits per heavy atom. The normalized spacial score (nSPS) is 16.0. The van der Waals surface area contributed by atoms with Crippen LogP contribution < -0.4 is 5.32 Å². The van der Waals surface area contributed by atoms with Gasteiger partial charge in [-0.15, -0.1) is 0 Å². The first-order valence-corrected chi connectivity index (χ1v) is 9.26. The molecule has 0 saturated carbocycles. The number of ether oxygens (including phenoxy) is 1. The van der Waals surface area contributed by atoms with Gasteiger partial charge >= 0.3 is 6.09 Å². The summed E-state index contributed by atoms with van der Waals surface area (Å²) in [7, 11) is -3.50. The highest BCUT2D eigenvalue weighted by Gasteiger charge is 2.29. The van der Waals surface area contributed by atoms with Crippen molar-refractivity contribution >= 4 is 22.0 Å². The zero-order valence-corrected chi connectivity index (χ0v) is 14.3. The molecule has 1 saturated heterocycles. The fraction of sp³-hybridized carbons (Fsp3) is 0.571. The van der Waals surface area contributed by atoms with E-state index in [1.165, 1.54) is 21.5 Å². The van der Waals surface area contributed by atoms with Crippen molar-refractivity contribution in [3.05, 3.63) is 24.2 Å². The zero-order valence-electron chi connectivity index (χ0n) is 13.4. The van der Waals surface area contributed by atoms with Gasteiger partial charge in [-0.2, -0.15) is 4.31 Å². The average Bonchev–Trinajstić information content (AvgIpc) is 3.09. The predicted molar refractivity (Wildman–Crippen MR) is 85.0 cm³/mol. The molecule has 0 atom stereocenters. The molecule has 2 amide bonds. The molecular weight excluding hydrogens is 338 g/mol. The lowest BCUT2D eigenvalue weighted by molar-refractivity contribution is 0.0919. The van der Waals surface area contributed by atoms with Crippen LogP contribution in [0.15, 0.2) is 22.8 Å². The van der Waals surface area contributed by atoms with Gasteiger partial charge in [-0.3, -0.25) is 4.79 Å². The third-order valence-corrected chi connectivity index (χ3v) is 5.42. The van der Waals surface area contributed by atoms with E-state index in [1.54, 1.807) is 13.0 Å². The maximum Gasteiger partial charge on any atom is 0.409 e. The maximum atomic E-state index is 12.3. The Kier molecular flexibility index (Phi) is 6.21. The van der Waals surface area contributed by atoms with Crippen molar-refractivity contribution in [1.82, 2.24) is 14.5 Å². The van der Waals surface area contributed by atoms with E-state index >= 15 is 0 Å². The van der Waals surface area contributed by atoms with Crippen LogP contribution >= 0.6 is 0 Å². The summed E-state index contributed by atoms with van der Waals surface area (Å²) >= 11 is 0. The van der Waals surface area contributed by atoms with Crippen LogP contribution in [0.2, 0.25) is 0 Å². The highest BCUT2D eigenvalue weighted by atomic mass is 32.2. The first kappa shape index (κ1) is 18.3. The van der Waals surface area contributed by atoms with Gasteiger partial charge in [0.2, 0.25) is 10.0 Å². The first-order chi connectivity index (χ1) is 11.4. The Balaban J connectivity index is 1.77. The second-order valence-corrected chi connectivity index (χ2v) is 7.22. The van der Waals surface area contributed by atoms with Gasteiger partial charge in [0, 0.05) is 32.7 Å². The zero-order chi connectivity index (χ0) is 17.6. The van der Waals surface area contributed by atoms with Crippen LogP contribution in [0, 0.1) is 0 Å². The van der Waals surface area contributed by atoms with Gasteiger partial charge in [-0.1, -0.05) is 0 Å². The van der Waals surface area contributed by atoms with E-state index in [0.29, 0.717) is 0 Å². The number of amides is 2. The van der Waals surface area contributed by atoms with Gasteiger partial charge in [0.15, 0.2) is 5.76 Å². The standard InChI is InChI=1S/C14H21N3O6S/c1-2-22-14(19)16-6-8-17(9-7-16)24(20,21)11-5-15-13(18)12-4-3-10-23-12/h3-4,10H,2,5-9,11H2,1H3,(H,15,18). The maximum absolute atomic E-state index is 12.3. The van der Waals surface area contributed by atoms with Crippen molar-refractivity contribution in [2.75, 3.05) is 45.1 Å². The largest absolute Gasteiger partial charge is 0.459 e. The molecule has 10 heteroatoms. The van der Waals surface area contributed by atoms with Gasteiger partial charge < -0.3 is 19.4 Å². The van der Waals surface area contributed by atoms with E-state index in [1.807, 2.05) is 0 Å². The summed E-state index contributed by atoms with van der Waals surface area (Å²) in [6.07, 6.45) is 0.939. The fourth-order valence-corrected chi connectivity index (χ4v) is 3.62. The molecule has 0 aromatic carbocycles. The number of hydrogen-bond acceptors (Lipinski definition) is 6. The van der Waals surface area contributed by atoms with Gasteiger partial charge in [0.05, 0.1) is 18.6 Å². The molecule has 134 valence electrons. The molecule has 1 aliphatic heterocycles. The topological polar surface area (TPSA) is 109 Å². The Hall–Kier alpha value is -2.07. The highest BCUT2D eigenvalue weighted by molar-refractivity contribution is 7.89. The molecule has 1 aromatic rings. The van der Waals surface area contributed by atoms with E-state index in [-0.39, 0.29) is 50.8 Å². The number of carbonyl (C=O) groups excluding carboxylic acids is 2. The molecule has 1 aliphatic rings. The van der Waals surface area contributed by atoms with Gasteiger partial charge in [0.25, 0.3) is 5.91 Å². The molecule has 1 fully saturated rings. The minimum atomic E-state index is -3.50. The molecule has 0 unspecified atom stereocenters. The number of nitrogens with one attached hydrogen (secondary N) is 1. The van der Waals surface area contributed by atoms with E-state index in [4.69, 9.17) is 9.15 Å². The summed E-state index contributed by atoms with van der Waals surface area (Å²) < 4.78 is 35.7. The number of piperazine rings is 1. The molecule has 2 heterocycles. The number of nitrogens with zero attached hydrogens (tertiary/aromatic N) is 2. The summed E-state index contributed by atoms with van der Waals surface area (Å²) in [5, 5.41) is 2.50. The second-order valence-electron chi connectivity index (χ2n) is 5.13. The van der Waals surface area contributed by atoms with Crippen molar-refractivity contribution in [3.8, 4) is 0 Å². The third-order valence-electron chi connectivity index (χ3n) is 3.55. The van der Waals surface area contributed by atoms with Gasteiger partial charge in [0.1, 0.15) is 0 Å². The summed E-state index contributed by atoms with van der Waals surface area (Å²) in [5.74, 6) is -0.531. The Bertz CT molecular complexity index is 650. The highest BCUT2D eigenvalue weighted by Crippen LogP contribution is 2.09. The minimum absolute atomic E-state index is 0.0139. The molecular formula is C14H21N3O6S. The number of hydrogen-bond donors (Lipinski definition) is 1. The van der Waals surface area contributed by atoms with Crippen LogP contribution in [0.25, 0.3) is 0 Å². The lowest BCUT2D eigenvalue weighted by Crippen LogP contribution is -2.51. The number of rotatable bonds is 6. The van der Waals surface area contributed by atoms with Crippen molar-refractivity contribution in [2.45, 2.75) is 6.92 Å².